The summed E-state index contributed by atoms with van der Waals surface area (Å²) in [4.78, 5) is 28.4. The molecule has 134 valence electrons. The van der Waals surface area contributed by atoms with Gasteiger partial charge in [-0.1, -0.05) is 6.92 Å². The Hall–Kier alpha value is -2.61. The van der Waals surface area contributed by atoms with Crippen LogP contribution in [0.2, 0.25) is 0 Å². The van der Waals surface area contributed by atoms with Crippen molar-refractivity contribution in [1.82, 2.24) is 10.3 Å². The predicted octanol–water partition coefficient (Wildman–Crippen LogP) is 2.48. The van der Waals surface area contributed by atoms with Crippen molar-refractivity contribution in [3.8, 4) is 11.5 Å². The Bertz CT molecular complexity index is 723. The van der Waals surface area contributed by atoms with Crippen LogP contribution in [0, 0.1) is 0 Å². The summed E-state index contributed by atoms with van der Waals surface area (Å²) in [6.07, 6.45) is 1.08. The summed E-state index contributed by atoms with van der Waals surface area (Å²) < 4.78 is 10.3. The van der Waals surface area contributed by atoms with Crippen molar-refractivity contribution in [2.75, 3.05) is 26.1 Å². The molecule has 2 aromatic rings. The van der Waals surface area contributed by atoms with Gasteiger partial charge in [-0.05, 0) is 18.6 Å². The first kappa shape index (κ1) is 18.7. The lowest BCUT2D eigenvalue weighted by molar-refractivity contribution is -0.120. The minimum Gasteiger partial charge on any atom is -0.497 e. The molecule has 0 aliphatic heterocycles. The van der Waals surface area contributed by atoms with Crippen LogP contribution in [0.5, 0.6) is 11.5 Å². The third-order valence-corrected chi connectivity index (χ3v) is 4.11. The number of anilines is 1. The fourth-order valence-electron chi connectivity index (χ4n) is 2.04. The number of rotatable bonds is 8. The van der Waals surface area contributed by atoms with E-state index < -0.39 is 0 Å². The Labute approximate surface area is 150 Å². The van der Waals surface area contributed by atoms with E-state index in [1.54, 1.807) is 23.6 Å². The molecule has 0 unspecified atom stereocenters. The quantitative estimate of drug-likeness (QED) is 0.752. The number of aromatic nitrogens is 1. The SMILES string of the molecule is CCCNC(=O)Cc1csc(NC(=O)c2cc(OC)cc(OC)c2)n1. The van der Waals surface area contributed by atoms with Crippen molar-refractivity contribution >= 4 is 28.3 Å². The number of ether oxygens (including phenoxy) is 2. The Kier molecular flexibility index (Phi) is 6.76. The second-order valence-electron chi connectivity index (χ2n) is 5.23. The minimum absolute atomic E-state index is 0.0810. The van der Waals surface area contributed by atoms with Crippen molar-refractivity contribution < 1.29 is 19.1 Å². The highest BCUT2D eigenvalue weighted by Gasteiger charge is 2.13. The number of methoxy groups -OCH3 is 2. The van der Waals surface area contributed by atoms with Crippen molar-refractivity contribution in [3.63, 3.8) is 0 Å². The van der Waals surface area contributed by atoms with E-state index in [2.05, 4.69) is 15.6 Å². The van der Waals surface area contributed by atoms with E-state index in [0.29, 0.717) is 34.4 Å². The first-order chi connectivity index (χ1) is 12.0. The lowest BCUT2D eigenvalue weighted by Gasteiger charge is -2.08. The van der Waals surface area contributed by atoms with Gasteiger partial charge in [-0.2, -0.15) is 0 Å². The van der Waals surface area contributed by atoms with Crippen molar-refractivity contribution in [2.45, 2.75) is 19.8 Å². The maximum absolute atomic E-state index is 12.4. The number of nitrogens with one attached hydrogen (secondary N) is 2. The topological polar surface area (TPSA) is 89.6 Å². The number of carbonyl (C=O) groups is 2. The maximum atomic E-state index is 12.4. The van der Waals surface area contributed by atoms with E-state index in [0.717, 1.165) is 6.42 Å². The van der Waals surface area contributed by atoms with E-state index in [9.17, 15) is 9.59 Å². The van der Waals surface area contributed by atoms with Crippen LogP contribution in [0.25, 0.3) is 0 Å². The minimum atomic E-state index is -0.325. The molecule has 1 heterocycles. The van der Waals surface area contributed by atoms with E-state index in [1.807, 2.05) is 6.92 Å². The molecule has 0 radical (unpaired) electrons. The van der Waals surface area contributed by atoms with E-state index in [-0.39, 0.29) is 18.2 Å². The first-order valence-electron chi connectivity index (χ1n) is 7.81. The van der Waals surface area contributed by atoms with Gasteiger partial charge in [0, 0.05) is 23.6 Å². The fraction of sp³-hybridized carbons (Fsp3) is 0.353. The van der Waals surface area contributed by atoms with Gasteiger partial charge in [-0.15, -0.1) is 11.3 Å². The van der Waals surface area contributed by atoms with Crippen LogP contribution in [0.15, 0.2) is 23.6 Å². The molecule has 0 saturated heterocycles. The molecular weight excluding hydrogens is 342 g/mol. The molecule has 8 heteroatoms. The first-order valence-corrected chi connectivity index (χ1v) is 8.69. The molecule has 0 atom stereocenters. The van der Waals surface area contributed by atoms with Gasteiger partial charge in [0.05, 0.1) is 26.3 Å². The molecule has 0 saturated carbocycles. The van der Waals surface area contributed by atoms with Gasteiger partial charge in [-0.25, -0.2) is 4.98 Å². The molecule has 1 aromatic carbocycles. The molecule has 0 bridgehead atoms. The van der Waals surface area contributed by atoms with Crippen LogP contribution >= 0.6 is 11.3 Å². The van der Waals surface area contributed by atoms with Gasteiger partial charge in [0.2, 0.25) is 5.91 Å². The van der Waals surface area contributed by atoms with E-state index in [4.69, 9.17) is 9.47 Å². The highest BCUT2D eigenvalue weighted by molar-refractivity contribution is 7.14. The van der Waals surface area contributed by atoms with Crippen LogP contribution in [0.4, 0.5) is 5.13 Å². The molecule has 0 spiro atoms. The second kappa shape index (κ2) is 9.03. The van der Waals surface area contributed by atoms with Crippen molar-refractivity contribution in [3.05, 3.63) is 34.8 Å². The van der Waals surface area contributed by atoms with Crippen molar-refractivity contribution in [1.29, 1.82) is 0 Å². The summed E-state index contributed by atoms with van der Waals surface area (Å²) >= 11 is 1.27. The number of amides is 2. The molecule has 25 heavy (non-hydrogen) atoms. The molecule has 0 aliphatic carbocycles. The zero-order valence-corrected chi connectivity index (χ0v) is 15.2. The average molecular weight is 363 g/mol. The molecule has 0 fully saturated rings. The molecule has 7 nitrogen and oxygen atoms in total. The lowest BCUT2D eigenvalue weighted by Crippen LogP contribution is -2.25. The van der Waals surface area contributed by atoms with Gasteiger partial charge in [0.15, 0.2) is 5.13 Å². The van der Waals surface area contributed by atoms with Gasteiger partial charge in [0.25, 0.3) is 5.91 Å². The van der Waals surface area contributed by atoms with Gasteiger partial charge >= 0.3 is 0 Å². The average Bonchev–Trinajstić information content (AvgIpc) is 3.05. The van der Waals surface area contributed by atoms with Crippen LogP contribution in [0.3, 0.4) is 0 Å². The lowest BCUT2D eigenvalue weighted by atomic mass is 10.2. The van der Waals surface area contributed by atoms with E-state index >= 15 is 0 Å². The standard InChI is InChI=1S/C17H21N3O4S/c1-4-5-18-15(21)8-12-10-25-17(19-12)20-16(22)11-6-13(23-2)9-14(7-11)24-3/h6-7,9-10H,4-5,8H2,1-3H3,(H,18,21)(H,19,20,22). The number of benzene rings is 1. The van der Waals surface area contributed by atoms with Crippen LogP contribution < -0.4 is 20.1 Å². The summed E-state index contributed by atoms with van der Waals surface area (Å²) in [5.74, 6) is 0.643. The largest absolute Gasteiger partial charge is 0.497 e. The molecule has 0 aliphatic rings. The predicted molar refractivity (Wildman–Crippen MR) is 96.6 cm³/mol. The fourth-order valence-corrected chi connectivity index (χ4v) is 2.75. The van der Waals surface area contributed by atoms with Crippen LogP contribution in [-0.4, -0.2) is 37.6 Å². The highest BCUT2D eigenvalue weighted by atomic mass is 32.1. The Balaban J connectivity index is 2.03. The van der Waals surface area contributed by atoms with Crippen molar-refractivity contribution in [2.24, 2.45) is 0 Å². The zero-order chi connectivity index (χ0) is 18.2. The Morgan fingerprint density at radius 3 is 2.44 bits per heavy atom. The van der Waals surface area contributed by atoms with Gasteiger partial charge in [0.1, 0.15) is 11.5 Å². The monoisotopic (exact) mass is 363 g/mol. The third-order valence-electron chi connectivity index (χ3n) is 3.30. The Morgan fingerprint density at radius 1 is 1.16 bits per heavy atom. The molecule has 1 aromatic heterocycles. The van der Waals surface area contributed by atoms with Crippen LogP contribution in [-0.2, 0) is 11.2 Å². The normalized spacial score (nSPS) is 10.2. The molecular formula is C17H21N3O4S. The number of carbonyl (C=O) groups excluding carboxylic acids is 2. The number of hydrogen-bond acceptors (Lipinski definition) is 6. The zero-order valence-electron chi connectivity index (χ0n) is 14.4. The summed E-state index contributed by atoms with van der Waals surface area (Å²) in [5.41, 5.74) is 1.02. The smallest absolute Gasteiger partial charge is 0.257 e. The highest BCUT2D eigenvalue weighted by Crippen LogP contribution is 2.24. The number of nitrogens with zero attached hydrogens (tertiary/aromatic N) is 1. The summed E-state index contributed by atoms with van der Waals surface area (Å²) in [7, 11) is 3.04. The second-order valence-corrected chi connectivity index (χ2v) is 6.08. The summed E-state index contributed by atoms with van der Waals surface area (Å²) in [5, 5.41) is 7.71. The third kappa shape index (κ3) is 5.46. The van der Waals surface area contributed by atoms with Gasteiger partial charge in [-0.3, -0.25) is 14.9 Å². The molecule has 2 N–H and O–H groups in total. The molecule has 2 rings (SSSR count). The van der Waals surface area contributed by atoms with Crippen LogP contribution in [0.1, 0.15) is 29.4 Å². The summed E-state index contributed by atoms with van der Waals surface area (Å²) in [6.45, 7) is 2.63. The van der Waals surface area contributed by atoms with E-state index in [1.165, 1.54) is 25.6 Å². The molecule has 2 amide bonds. The number of thiazole rings is 1. The summed E-state index contributed by atoms with van der Waals surface area (Å²) in [6, 6.07) is 4.92. The Morgan fingerprint density at radius 2 is 1.84 bits per heavy atom. The maximum Gasteiger partial charge on any atom is 0.257 e. The van der Waals surface area contributed by atoms with Gasteiger partial charge < -0.3 is 14.8 Å². The number of hydrogen-bond donors (Lipinski definition) is 2.